The molecule has 0 heterocycles. The normalized spacial score (nSPS) is 13.8. The van der Waals surface area contributed by atoms with Crippen LogP contribution in [0.4, 0.5) is 10.5 Å². The van der Waals surface area contributed by atoms with E-state index >= 15 is 0 Å². The molecule has 0 aromatic heterocycles. The Morgan fingerprint density at radius 3 is 2.00 bits per heavy atom. The van der Waals surface area contributed by atoms with Crippen LogP contribution >= 0.6 is 0 Å². The van der Waals surface area contributed by atoms with Crippen molar-refractivity contribution in [1.82, 2.24) is 10.2 Å². The Hall–Kier alpha value is -3.35. The van der Waals surface area contributed by atoms with Crippen LogP contribution in [0.2, 0.25) is 0 Å². The molecule has 202 valence electrons. The van der Waals surface area contributed by atoms with Crippen molar-refractivity contribution in [2.75, 3.05) is 11.9 Å². The molecule has 2 aromatic carbocycles. The minimum absolute atomic E-state index is 0.173. The molecule has 0 radical (unpaired) electrons. The number of hydrogen-bond acceptors (Lipinski definition) is 4. The van der Waals surface area contributed by atoms with E-state index in [1.807, 2.05) is 84.0 Å². The summed E-state index contributed by atoms with van der Waals surface area (Å²) in [7, 11) is 0. The molecule has 0 fully saturated rings. The van der Waals surface area contributed by atoms with Gasteiger partial charge in [-0.25, -0.2) is 4.79 Å². The maximum atomic E-state index is 14.1. The van der Waals surface area contributed by atoms with Gasteiger partial charge in [-0.1, -0.05) is 62.7 Å². The van der Waals surface area contributed by atoms with Crippen molar-refractivity contribution in [3.63, 3.8) is 0 Å². The van der Waals surface area contributed by atoms with E-state index in [1.165, 1.54) is 0 Å². The van der Waals surface area contributed by atoms with Gasteiger partial charge in [0.15, 0.2) is 0 Å². The average Bonchev–Trinajstić information content (AvgIpc) is 2.82. The second-order valence-corrected chi connectivity index (χ2v) is 10.6. The predicted octanol–water partition coefficient (Wildman–Crippen LogP) is 6.08. The molecule has 7 nitrogen and oxygen atoms in total. The van der Waals surface area contributed by atoms with Crippen molar-refractivity contribution >= 4 is 23.6 Å². The van der Waals surface area contributed by atoms with Crippen molar-refractivity contribution in [1.29, 1.82) is 0 Å². The van der Waals surface area contributed by atoms with Crippen LogP contribution < -0.4 is 10.6 Å². The van der Waals surface area contributed by atoms with Crippen LogP contribution in [0.25, 0.3) is 0 Å². The van der Waals surface area contributed by atoms with Crippen LogP contribution in [0.5, 0.6) is 0 Å². The lowest BCUT2D eigenvalue weighted by molar-refractivity contribution is -0.141. The molecule has 0 aliphatic heterocycles. The van der Waals surface area contributed by atoms with Crippen molar-refractivity contribution < 1.29 is 19.1 Å². The highest BCUT2D eigenvalue weighted by Gasteiger charge is 2.38. The third-order valence-electron chi connectivity index (χ3n) is 6.55. The first-order valence-corrected chi connectivity index (χ1v) is 13.0. The molecule has 37 heavy (non-hydrogen) atoms. The number of aryl methyl sites for hydroxylation is 3. The first-order chi connectivity index (χ1) is 17.3. The number of amides is 3. The minimum atomic E-state index is -0.885. The molecule has 0 bridgehead atoms. The first-order valence-electron chi connectivity index (χ1n) is 13.0. The third kappa shape index (κ3) is 7.81. The number of para-hydroxylation sites is 1. The fourth-order valence-corrected chi connectivity index (χ4v) is 4.31. The molecule has 2 N–H and O–H groups in total. The number of nitrogens with one attached hydrogen (secondary N) is 2. The van der Waals surface area contributed by atoms with Crippen molar-refractivity contribution in [3.05, 3.63) is 64.7 Å². The van der Waals surface area contributed by atoms with Gasteiger partial charge in [-0.3, -0.25) is 9.59 Å². The van der Waals surface area contributed by atoms with Crippen LogP contribution in [0.3, 0.4) is 0 Å². The molecular weight excluding hydrogens is 466 g/mol. The zero-order valence-electron chi connectivity index (χ0n) is 23.8. The maximum absolute atomic E-state index is 14.1. The molecule has 0 aliphatic carbocycles. The fourth-order valence-electron chi connectivity index (χ4n) is 4.31. The summed E-state index contributed by atoms with van der Waals surface area (Å²) >= 11 is 0. The number of alkyl carbamates (subject to hydrolysis) is 1. The molecule has 0 saturated carbocycles. The summed E-state index contributed by atoms with van der Waals surface area (Å²) in [5.41, 5.74) is 3.55. The molecule has 3 atom stereocenters. The highest BCUT2D eigenvalue weighted by atomic mass is 16.6. The predicted molar refractivity (Wildman–Crippen MR) is 148 cm³/mol. The van der Waals surface area contributed by atoms with Crippen LogP contribution in [0, 0.1) is 26.7 Å². The number of benzene rings is 2. The molecule has 2 aromatic rings. The Kier molecular flexibility index (Phi) is 10.3. The Bertz CT molecular complexity index is 1090. The van der Waals surface area contributed by atoms with Gasteiger partial charge >= 0.3 is 6.09 Å². The minimum Gasteiger partial charge on any atom is -0.444 e. The van der Waals surface area contributed by atoms with Gasteiger partial charge in [0.25, 0.3) is 5.91 Å². The van der Waals surface area contributed by atoms with E-state index in [1.54, 1.807) is 25.7 Å². The van der Waals surface area contributed by atoms with Gasteiger partial charge in [-0.15, -0.1) is 0 Å². The number of likely N-dealkylation sites (N-methyl/N-ethyl adjacent to an activating group) is 1. The van der Waals surface area contributed by atoms with Crippen LogP contribution in [-0.2, 0) is 14.3 Å². The lowest BCUT2D eigenvalue weighted by Gasteiger charge is -2.36. The van der Waals surface area contributed by atoms with E-state index in [2.05, 4.69) is 10.6 Å². The van der Waals surface area contributed by atoms with Gasteiger partial charge < -0.3 is 20.3 Å². The summed E-state index contributed by atoms with van der Waals surface area (Å²) in [6.45, 7) is 17.1. The van der Waals surface area contributed by atoms with Crippen LogP contribution in [0.1, 0.15) is 76.3 Å². The third-order valence-corrected chi connectivity index (χ3v) is 6.55. The molecular formula is C30H43N3O4. The fraction of sp³-hybridized carbons (Fsp3) is 0.500. The topological polar surface area (TPSA) is 87.7 Å². The summed E-state index contributed by atoms with van der Waals surface area (Å²) in [5, 5.41) is 5.87. The highest BCUT2D eigenvalue weighted by Crippen LogP contribution is 2.29. The van der Waals surface area contributed by atoms with Crippen LogP contribution in [-0.4, -0.2) is 41.0 Å². The molecule has 2 rings (SSSR count). The van der Waals surface area contributed by atoms with E-state index in [4.69, 9.17) is 4.74 Å². The highest BCUT2D eigenvalue weighted by molar-refractivity contribution is 6.00. The Morgan fingerprint density at radius 2 is 1.49 bits per heavy atom. The zero-order valence-corrected chi connectivity index (χ0v) is 23.8. The smallest absolute Gasteiger partial charge is 0.408 e. The lowest BCUT2D eigenvalue weighted by atomic mass is 9.94. The summed E-state index contributed by atoms with van der Waals surface area (Å²) in [5.74, 6) is -0.803. The number of hydrogen-bond donors (Lipinski definition) is 2. The van der Waals surface area contributed by atoms with E-state index in [-0.39, 0.29) is 24.3 Å². The van der Waals surface area contributed by atoms with E-state index in [0.717, 1.165) is 27.9 Å². The number of carbonyl (C=O) groups is 3. The molecule has 0 saturated heterocycles. The summed E-state index contributed by atoms with van der Waals surface area (Å²) in [6, 6.07) is 11.7. The standard InChI is InChI=1S/C30H43N3O4/c1-10-19(3)25(32-29(36)37-30(7,8)9)28(35)33(11-2)26(23-18-13-12-15-20(23)4)27(34)31-24-21(5)16-14-17-22(24)6/h12-19,25-26H,10-11H2,1-9H3,(H,31,34)(H,32,36). The largest absolute Gasteiger partial charge is 0.444 e. The second kappa shape index (κ2) is 12.7. The molecule has 0 aliphatic rings. The molecule has 0 spiro atoms. The summed E-state index contributed by atoms with van der Waals surface area (Å²) in [6.07, 6.45) is 0.00236. The van der Waals surface area contributed by atoms with Crippen molar-refractivity contribution in [2.24, 2.45) is 5.92 Å². The Morgan fingerprint density at radius 1 is 0.919 bits per heavy atom. The van der Waals surface area contributed by atoms with Crippen LogP contribution in [0.15, 0.2) is 42.5 Å². The van der Waals surface area contributed by atoms with Gasteiger partial charge in [0.2, 0.25) is 5.91 Å². The Balaban J connectivity index is 2.53. The maximum Gasteiger partial charge on any atom is 0.408 e. The summed E-state index contributed by atoms with van der Waals surface area (Å²) in [4.78, 5) is 42.2. The van der Waals surface area contributed by atoms with Gasteiger partial charge in [-0.2, -0.15) is 0 Å². The summed E-state index contributed by atoms with van der Waals surface area (Å²) < 4.78 is 5.44. The van der Waals surface area contributed by atoms with Gasteiger partial charge in [-0.05, 0) is 76.6 Å². The molecule has 7 heteroatoms. The zero-order chi connectivity index (χ0) is 27.9. The number of ether oxygens (including phenoxy) is 1. The Labute approximate surface area is 222 Å². The number of nitrogens with zero attached hydrogens (tertiary/aromatic N) is 1. The average molecular weight is 510 g/mol. The van der Waals surface area contributed by atoms with Gasteiger partial charge in [0.05, 0.1) is 0 Å². The SMILES string of the molecule is CCC(C)C(NC(=O)OC(C)(C)C)C(=O)N(CC)C(C(=O)Nc1c(C)cccc1C)c1ccccc1C. The van der Waals surface area contributed by atoms with E-state index in [0.29, 0.717) is 6.42 Å². The molecule has 3 amide bonds. The second-order valence-electron chi connectivity index (χ2n) is 10.6. The number of carbonyl (C=O) groups excluding carboxylic acids is 3. The van der Waals surface area contributed by atoms with Crippen molar-refractivity contribution in [3.8, 4) is 0 Å². The van der Waals surface area contributed by atoms with E-state index < -0.39 is 23.8 Å². The first kappa shape index (κ1) is 29.9. The molecule has 3 unspecified atom stereocenters. The monoisotopic (exact) mass is 509 g/mol. The van der Waals surface area contributed by atoms with Gasteiger partial charge in [0.1, 0.15) is 17.7 Å². The number of anilines is 1. The lowest BCUT2D eigenvalue weighted by Crippen LogP contribution is -2.54. The number of rotatable bonds is 9. The van der Waals surface area contributed by atoms with E-state index in [9.17, 15) is 14.4 Å². The quantitative estimate of drug-likeness (QED) is 0.429. The van der Waals surface area contributed by atoms with Gasteiger partial charge in [0, 0.05) is 12.2 Å². The van der Waals surface area contributed by atoms with Crippen molar-refractivity contribution in [2.45, 2.75) is 86.4 Å².